The monoisotopic (exact) mass is 388 g/mol. The van der Waals surface area contributed by atoms with Gasteiger partial charge in [-0.05, 0) is 23.8 Å². The quantitative estimate of drug-likeness (QED) is 0.805. The van der Waals surface area contributed by atoms with Gasteiger partial charge in [0.25, 0.3) is 5.91 Å². The molecule has 8 nitrogen and oxygen atoms in total. The maximum atomic E-state index is 13.2. The van der Waals surface area contributed by atoms with Crippen molar-refractivity contribution in [2.75, 3.05) is 41.1 Å². The van der Waals surface area contributed by atoms with Gasteiger partial charge in [0.2, 0.25) is 5.88 Å². The zero-order chi connectivity index (χ0) is 20.1. The van der Waals surface area contributed by atoms with Gasteiger partial charge in [0.15, 0.2) is 11.5 Å². The minimum Gasteiger partial charge on any atom is -0.493 e. The zero-order valence-electron chi connectivity index (χ0n) is 16.1. The molecule has 0 unspecified atom stereocenters. The number of aliphatic hydroxyl groups excluding tert-OH is 1. The first-order valence-corrected chi connectivity index (χ1v) is 8.88. The molecule has 0 bridgehead atoms. The van der Waals surface area contributed by atoms with Crippen molar-refractivity contribution in [3.8, 4) is 17.4 Å². The van der Waals surface area contributed by atoms with Crippen molar-refractivity contribution in [1.82, 2.24) is 9.88 Å². The van der Waals surface area contributed by atoms with Gasteiger partial charge in [-0.3, -0.25) is 4.79 Å². The van der Waals surface area contributed by atoms with Gasteiger partial charge in [-0.1, -0.05) is 6.07 Å². The second kappa shape index (κ2) is 8.90. The molecule has 0 aliphatic carbocycles. The van der Waals surface area contributed by atoms with Crippen molar-refractivity contribution >= 4 is 5.91 Å². The summed E-state index contributed by atoms with van der Waals surface area (Å²) >= 11 is 0. The Morgan fingerprint density at radius 2 is 1.96 bits per heavy atom. The minimum atomic E-state index is -0.554. The Labute approximate surface area is 163 Å². The molecule has 1 amide bonds. The Kier molecular flexibility index (Phi) is 6.33. The Morgan fingerprint density at radius 3 is 2.57 bits per heavy atom. The molecule has 1 fully saturated rings. The normalized spacial score (nSPS) is 19.2. The third-order valence-corrected chi connectivity index (χ3v) is 4.73. The fourth-order valence-corrected chi connectivity index (χ4v) is 3.34. The average Bonchev–Trinajstić information content (AvgIpc) is 2.77. The van der Waals surface area contributed by atoms with E-state index >= 15 is 0 Å². The van der Waals surface area contributed by atoms with Crippen LogP contribution in [0.4, 0.5) is 0 Å². The molecule has 3 rings (SSSR count). The van der Waals surface area contributed by atoms with Crippen molar-refractivity contribution in [2.24, 2.45) is 0 Å². The molecule has 0 radical (unpaired) electrons. The second-order valence-electron chi connectivity index (χ2n) is 6.24. The van der Waals surface area contributed by atoms with Crippen LogP contribution in [0, 0.1) is 0 Å². The van der Waals surface area contributed by atoms with E-state index in [0.29, 0.717) is 36.1 Å². The van der Waals surface area contributed by atoms with Gasteiger partial charge in [0.05, 0.1) is 46.1 Å². The first-order chi connectivity index (χ1) is 13.6. The number of benzene rings is 1. The van der Waals surface area contributed by atoms with Crippen LogP contribution in [0.5, 0.6) is 17.4 Å². The number of hydrogen-bond acceptors (Lipinski definition) is 7. The molecule has 1 aliphatic heterocycles. The zero-order valence-corrected chi connectivity index (χ0v) is 16.1. The van der Waals surface area contributed by atoms with Crippen molar-refractivity contribution in [3.63, 3.8) is 0 Å². The number of nitrogens with zero attached hydrogens (tertiary/aromatic N) is 2. The maximum Gasteiger partial charge on any atom is 0.256 e. The molecular weight excluding hydrogens is 364 g/mol. The Hall–Kier alpha value is -2.84. The molecule has 0 spiro atoms. The molecule has 1 aromatic heterocycles. The smallest absolute Gasteiger partial charge is 0.256 e. The molecular formula is C20H24N2O6. The molecule has 1 aliphatic rings. The van der Waals surface area contributed by atoms with Gasteiger partial charge < -0.3 is 29.0 Å². The average molecular weight is 388 g/mol. The van der Waals surface area contributed by atoms with Crippen LogP contribution in [0.2, 0.25) is 0 Å². The van der Waals surface area contributed by atoms with Crippen molar-refractivity contribution in [3.05, 3.63) is 47.7 Å². The van der Waals surface area contributed by atoms with E-state index in [4.69, 9.17) is 18.9 Å². The predicted molar refractivity (Wildman–Crippen MR) is 101 cm³/mol. The van der Waals surface area contributed by atoms with Crippen LogP contribution in [0.3, 0.4) is 0 Å². The van der Waals surface area contributed by atoms with E-state index in [1.807, 2.05) is 6.07 Å². The molecule has 1 N–H and O–H groups in total. The summed E-state index contributed by atoms with van der Waals surface area (Å²) in [6, 6.07) is 8.25. The van der Waals surface area contributed by atoms with Crippen LogP contribution in [0.25, 0.3) is 0 Å². The first-order valence-electron chi connectivity index (χ1n) is 8.88. The number of amides is 1. The largest absolute Gasteiger partial charge is 0.493 e. The number of hydrogen-bond donors (Lipinski definition) is 1. The maximum absolute atomic E-state index is 13.2. The van der Waals surface area contributed by atoms with Crippen molar-refractivity contribution < 1.29 is 28.8 Å². The third kappa shape index (κ3) is 3.88. The van der Waals surface area contributed by atoms with Crippen LogP contribution >= 0.6 is 0 Å². The summed E-state index contributed by atoms with van der Waals surface area (Å²) in [5.41, 5.74) is 1.22. The lowest BCUT2D eigenvalue weighted by Crippen LogP contribution is -2.49. The molecule has 1 aromatic carbocycles. The van der Waals surface area contributed by atoms with Crippen LogP contribution in [0.15, 0.2) is 36.5 Å². The lowest BCUT2D eigenvalue weighted by Gasteiger charge is -2.41. The lowest BCUT2D eigenvalue weighted by molar-refractivity contribution is -0.0811. The highest BCUT2D eigenvalue weighted by Gasteiger charge is 2.37. The fraction of sp³-hybridized carbons (Fsp3) is 0.400. The fourth-order valence-electron chi connectivity index (χ4n) is 3.34. The summed E-state index contributed by atoms with van der Waals surface area (Å²) in [6.45, 7) is 0.508. The SMILES string of the molecule is COc1ccc(C(=O)N2CCO[C@H](CO)[C@H]2c2ccc(OC)c(OC)c2)cn1. The van der Waals surface area contributed by atoms with Crippen LogP contribution < -0.4 is 14.2 Å². The molecule has 0 saturated carbocycles. The summed E-state index contributed by atoms with van der Waals surface area (Å²) in [6.07, 6.45) is 0.929. The number of rotatable bonds is 6. The number of carbonyl (C=O) groups excluding carboxylic acids is 1. The highest BCUT2D eigenvalue weighted by molar-refractivity contribution is 5.94. The Balaban J connectivity index is 1.97. The summed E-state index contributed by atoms with van der Waals surface area (Å²) in [4.78, 5) is 19.0. The molecule has 1 saturated heterocycles. The summed E-state index contributed by atoms with van der Waals surface area (Å²) in [5.74, 6) is 1.36. The minimum absolute atomic E-state index is 0.198. The number of aliphatic hydroxyl groups is 1. The standard InChI is InChI=1S/C20H24N2O6/c1-25-15-6-4-13(10-16(15)26-2)19-17(12-23)28-9-8-22(19)20(24)14-5-7-18(27-3)21-11-14/h4-7,10-11,17,19,23H,8-9,12H2,1-3H3/t17-,19-/m1/s1. The predicted octanol–water partition coefficient (Wildman–Crippen LogP) is 1.68. The molecule has 28 heavy (non-hydrogen) atoms. The van der Waals surface area contributed by atoms with Gasteiger partial charge in [0, 0.05) is 18.8 Å². The van der Waals surface area contributed by atoms with Crippen LogP contribution in [-0.2, 0) is 4.74 Å². The van der Waals surface area contributed by atoms with E-state index in [-0.39, 0.29) is 12.5 Å². The number of pyridine rings is 1. The highest BCUT2D eigenvalue weighted by Crippen LogP contribution is 2.36. The Morgan fingerprint density at radius 1 is 1.18 bits per heavy atom. The topological polar surface area (TPSA) is 90.4 Å². The number of ether oxygens (including phenoxy) is 4. The van der Waals surface area contributed by atoms with Crippen molar-refractivity contribution in [2.45, 2.75) is 12.1 Å². The summed E-state index contributed by atoms with van der Waals surface area (Å²) in [5, 5.41) is 9.84. The van der Waals surface area contributed by atoms with Gasteiger partial charge in [0.1, 0.15) is 6.10 Å². The number of methoxy groups -OCH3 is 3. The van der Waals surface area contributed by atoms with Crippen molar-refractivity contribution in [1.29, 1.82) is 0 Å². The lowest BCUT2D eigenvalue weighted by atomic mass is 9.97. The Bertz CT molecular complexity index is 811. The van der Waals surface area contributed by atoms with E-state index in [2.05, 4.69) is 4.98 Å². The van der Waals surface area contributed by atoms with E-state index < -0.39 is 12.1 Å². The first kappa shape index (κ1) is 19.9. The molecule has 8 heteroatoms. The van der Waals surface area contributed by atoms with E-state index in [9.17, 15) is 9.90 Å². The van der Waals surface area contributed by atoms with Crippen LogP contribution in [0.1, 0.15) is 22.0 Å². The second-order valence-corrected chi connectivity index (χ2v) is 6.24. The van der Waals surface area contributed by atoms with E-state index in [0.717, 1.165) is 5.56 Å². The molecule has 2 heterocycles. The summed E-state index contributed by atoms with van der Waals surface area (Å²) < 4.78 is 21.5. The molecule has 150 valence electrons. The highest BCUT2D eigenvalue weighted by atomic mass is 16.5. The number of morpholine rings is 1. The number of carbonyl (C=O) groups is 1. The summed E-state index contributed by atoms with van der Waals surface area (Å²) in [7, 11) is 4.63. The van der Waals surface area contributed by atoms with Gasteiger partial charge >= 0.3 is 0 Å². The van der Waals surface area contributed by atoms with Gasteiger partial charge in [-0.15, -0.1) is 0 Å². The van der Waals surface area contributed by atoms with Gasteiger partial charge in [-0.25, -0.2) is 4.98 Å². The van der Waals surface area contributed by atoms with Crippen LogP contribution in [-0.4, -0.2) is 68.1 Å². The van der Waals surface area contributed by atoms with E-state index in [1.54, 1.807) is 43.4 Å². The number of aromatic nitrogens is 1. The van der Waals surface area contributed by atoms with Gasteiger partial charge in [-0.2, -0.15) is 0 Å². The molecule has 2 aromatic rings. The molecule has 2 atom stereocenters. The van der Waals surface area contributed by atoms with E-state index in [1.165, 1.54) is 13.3 Å². The third-order valence-electron chi connectivity index (χ3n) is 4.73.